The van der Waals surface area contributed by atoms with Gasteiger partial charge in [0.1, 0.15) is 6.61 Å². The Bertz CT molecular complexity index is 360. The van der Waals surface area contributed by atoms with E-state index in [-0.39, 0.29) is 18.5 Å². The molecule has 0 bridgehead atoms. The Balaban J connectivity index is 3.53. The van der Waals surface area contributed by atoms with E-state index >= 15 is 0 Å². The average Bonchev–Trinajstić information content (AvgIpc) is 2.75. The lowest BCUT2D eigenvalue weighted by molar-refractivity contribution is -0.155. The lowest BCUT2D eigenvalue weighted by atomic mass is 9.92. The van der Waals surface area contributed by atoms with Crippen LogP contribution in [0.4, 0.5) is 0 Å². The van der Waals surface area contributed by atoms with Crippen LogP contribution in [-0.2, 0) is 9.53 Å². The molecule has 5 heteroatoms. The zero-order valence-electron chi connectivity index (χ0n) is 19.2. The van der Waals surface area contributed by atoms with E-state index in [0.717, 1.165) is 19.3 Å². The van der Waals surface area contributed by atoms with Crippen molar-refractivity contribution in [2.45, 2.75) is 110 Å². The second-order valence-electron chi connectivity index (χ2n) is 8.87. The molecule has 3 N–H and O–H groups in total. The number of rotatable bonds is 21. The maximum Gasteiger partial charge on any atom is 0.308 e. The van der Waals surface area contributed by atoms with Crippen LogP contribution in [0.1, 0.15) is 110 Å². The van der Waals surface area contributed by atoms with Crippen molar-refractivity contribution in [2.75, 3.05) is 26.4 Å². The van der Waals surface area contributed by atoms with E-state index in [1.54, 1.807) is 0 Å². The second-order valence-corrected chi connectivity index (χ2v) is 8.87. The van der Waals surface area contributed by atoms with Crippen molar-refractivity contribution < 1.29 is 24.9 Å². The number of aliphatic hydroxyl groups is 3. The van der Waals surface area contributed by atoms with Gasteiger partial charge in [0.2, 0.25) is 0 Å². The van der Waals surface area contributed by atoms with Crippen LogP contribution in [0.5, 0.6) is 0 Å². The molecule has 5 nitrogen and oxygen atoms in total. The molecule has 0 spiro atoms. The zero-order valence-corrected chi connectivity index (χ0v) is 19.2. The first-order valence-electron chi connectivity index (χ1n) is 12.0. The highest BCUT2D eigenvalue weighted by atomic mass is 16.5. The SMILES string of the molecule is CCCCCCCCCCCCCCCCC(C)C(=O)OCC(CO)(CO)CO. The molecule has 29 heavy (non-hydrogen) atoms. The number of carbonyl (C=O) groups excluding carboxylic acids is 1. The van der Waals surface area contributed by atoms with Gasteiger partial charge in [-0.05, 0) is 6.42 Å². The van der Waals surface area contributed by atoms with Crippen LogP contribution in [0.25, 0.3) is 0 Å². The number of hydrogen-bond acceptors (Lipinski definition) is 5. The maximum absolute atomic E-state index is 12.0. The number of ether oxygens (including phenoxy) is 1. The highest BCUT2D eigenvalue weighted by molar-refractivity contribution is 5.71. The summed E-state index contributed by atoms with van der Waals surface area (Å²) in [7, 11) is 0. The van der Waals surface area contributed by atoms with E-state index in [0.29, 0.717) is 0 Å². The third kappa shape index (κ3) is 14.9. The minimum absolute atomic E-state index is 0.154. The first-order valence-corrected chi connectivity index (χ1v) is 12.0. The van der Waals surface area contributed by atoms with Crippen molar-refractivity contribution in [2.24, 2.45) is 11.3 Å². The smallest absolute Gasteiger partial charge is 0.308 e. The molecular formula is C24H48O5. The van der Waals surface area contributed by atoms with E-state index in [1.807, 2.05) is 6.92 Å². The average molecular weight is 417 g/mol. The van der Waals surface area contributed by atoms with Crippen LogP contribution in [-0.4, -0.2) is 47.7 Å². The Morgan fingerprint density at radius 3 is 1.48 bits per heavy atom. The summed E-state index contributed by atoms with van der Waals surface area (Å²) in [6, 6.07) is 0. The van der Waals surface area contributed by atoms with Crippen LogP contribution in [0, 0.1) is 11.3 Å². The maximum atomic E-state index is 12.0. The van der Waals surface area contributed by atoms with E-state index in [2.05, 4.69) is 6.92 Å². The highest BCUT2D eigenvalue weighted by Gasteiger charge is 2.30. The fraction of sp³-hybridized carbons (Fsp3) is 0.958. The van der Waals surface area contributed by atoms with Gasteiger partial charge in [0.25, 0.3) is 0 Å². The van der Waals surface area contributed by atoms with Gasteiger partial charge in [0.15, 0.2) is 0 Å². The van der Waals surface area contributed by atoms with Crippen LogP contribution in [0.3, 0.4) is 0 Å². The Morgan fingerprint density at radius 1 is 0.724 bits per heavy atom. The molecule has 0 aliphatic heterocycles. The first kappa shape index (κ1) is 28.4. The highest BCUT2D eigenvalue weighted by Crippen LogP contribution is 2.18. The topological polar surface area (TPSA) is 87.0 Å². The summed E-state index contributed by atoms with van der Waals surface area (Å²) < 4.78 is 5.19. The van der Waals surface area contributed by atoms with E-state index in [1.165, 1.54) is 77.0 Å². The predicted molar refractivity (Wildman–Crippen MR) is 119 cm³/mol. The molecule has 0 radical (unpaired) electrons. The third-order valence-corrected chi connectivity index (χ3v) is 5.92. The van der Waals surface area contributed by atoms with Crippen molar-refractivity contribution in [3.05, 3.63) is 0 Å². The summed E-state index contributed by atoms with van der Waals surface area (Å²) >= 11 is 0. The number of esters is 1. The molecule has 0 aliphatic rings. The van der Waals surface area contributed by atoms with Crippen molar-refractivity contribution in [1.29, 1.82) is 0 Å². The Labute approximate surface area is 179 Å². The van der Waals surface area contributed by atoms with Crippen LogP contribution >= 0.6 is 0 Å². The van der Waals surface area contributed by atoms with Crippen LogP contribution < -0.4 is 0 Å². The third-order valence-electron chi connectivity index (χ3n) is 5.92. The number of unbranched alkanes of at least 4 members (excludes halogenated alkanes) is 13. The Kier molecular flexibility index (Phi) is 18.9. The molecule has 0 saturated carbocycles. The first-order chi connectivity index (χ1) is 14.0. The van der Waals surface area contributed by atoms with Gasteiger partial charge in [-0.25, -0.2) is 0 Å². The largest absolute Gasteiger partial charge is 0.465 e. The van der Waals surface area contributed by atoms with Gasteiger partial charge < -0.3 is 20.1 Å². The van der Waals surface area contributed by atoms with E-state index in [9.17, 15) is 20.1 Å². The van der Waals surface area contributed by atoms with Gasteiger partial charge in [-0.15, -0.1) is 0 Å². The lowest BCUT2D eigenvalue weighted by Crippen LogP contribution is -2.40. The predicted octanol–water partition coefficient (Wildman–Crippen LogP) is 5.00. The molecule has 0 aromatic rings. The zero-order chi connectivity index (χ0) is 21.8. The van der Waals surface area contributed by atoms with Crippen molar-refractivity contribution in [3.8, 4) is 0 Å². The molecule has 0 rings (SSSR count). The van der Waals surface area contributed by atoms with Gasteiger partial charge >= 0.3 is 5.97 Å². The molecule has 1 atom stereocenters. The lowest BCUT2D eigenvalue weighted by Gasteiger charge is -2.27. The van der Waals surface area contributed by atoms with Gasteiger partial charge in [-0.3, -0.25) is 4.79 Å². The molecule has 0 fully saturated rings. The van der Waals surface area contributed by atoms with Crippen molar-refractivity contribution >= 4 is 5.97 Å². The van der Waals surface area contributed by atoms with Crippen molar-refractivity contribution in [3.63, 3.8) is 0 Å². The Hall–Kier alpha value is -0.650. The summed E-state index contributed by atoms with van der Waals surface area (Å²) in [5, 5.41) is 27.8. The van der Waals surface area contributed by atoms with E-state index < -0.39 is 25.2 Å². The summed E-state index contributed by atoms with van der Waals surface area (Å²) in [4.78, 5) is 12.0. The quantitative estimate of drug-likeness (QED) is 0.181. The minimum atomic E-state index is -1.15. The molecule has 0 saturated heterocycles. The molecule has 0 aliphatic carbocycles. The molecule has 174 valence electrons. The fourth-order valence-electron chi connectivity index (χ4n) is 3.42. The minimum Gasteiger partial charge on any atom is -0.465 e. The van der Waals surface area contributed by atoms with Gasteiger partial charge in [0.05, 0.1) is 31.2 Å². The standard InChI is InChI=1S/C24H48O5/c1-3-4-5-6-7-8-9-10-11-12-13-14-15-16-17-22(2)23(28)29-21-24(18-25,19-26)20-27/h22,25-27H,3-21H2,1-2H3. The second kappa shape index (κ2) is 19.3. The molecule has 0 amide bonds. The fourth-order valence-corrected chi connectivity index (χ4v) is 3.42. The number of aliphatic hydroxyl groups excluding tert-OH is 3. The summed E-state index contributed by atoms with van der Waals surface area (Å²) in [5.41, 5.74) is -1.15. The van der Waals surface area contributed by atoms with Gasteiger partial charge in [-0.2, -0.15) is 0 Å². The number of hydrogen-bond donors (Lipinski definition) is 3. The normalized spacial score (nSPS) is 12.9. The molecule has 0 aromatic heterocycles. The van der Waals surface area contributed by atoms with Gasteiger partial charge in [0, 0.05) is 0 Å². The Morgan fingerprint density at radius 2 is 1.10 bits per heavy atom. The molecule has 0 aromatic carbocycles. The summed E-state index contributed by atoms with van der Waals surface area (Å²) in [6.45, 7) is 2.71. The summed E-state index contributed by atoms with van der Waals surface area (Å²) in [6.07, 6.45) is 19.2. The van der Waals surface area contributed by atoms with Gasteiger partial charge in [-0.1, -0.05) is 104 Å². The van der Waals surface area contributed by atoms with Crippen LogP contribution in [0.2, 0.25) is 0 Å². The molecule has 0 heterocycles. The van der Waals surface area contributed by atoms with Crippen LogP contribution in [0.15, 0.2) is 0 Å². The summed E-state index contributed by atoms with van der Waals surface area (Å²) in [5.74, 6) is -0.513. The van der Waals surface area contributed by atoms with E-state index in [4.69, 9.17) is 4.74 Å². The molecule has 1 unspecified atom stereocenters. The monoisotopic (exact) mass is 416 g/mol. The molecular weight excluding hydrogens is 368 g/mol. The number of carbonyl (C=O) groups is 1. The van der Waals surface area contributed by atoms with Crippen molar-refractivity contribution in [1.82, 2.24) is 0 Å².